The zero-order chi connectivity index (χ0) is 72.5. The average Bonchev–Trinajstić information content (AvgIpc) is 1.07. The third-order valence-corrected chi connectivity index (χ3v) is 20.8. The van der Waals surface area contributed by atoms with Crippen molar-refractivity contribution in [3.8, 4) is 0 Å². The number of phosphoric ester groups is 2. The van der Waals surface area contributed by atoms with Crippen molar-refractivity contribution in [3.05, 3.63) is 0 Å². The monoisotopic (exact) mass is 1450 g/mol. The highest BCUT2D eigenvalue weighted by Crippen LogP contribution is 2.45. The predicted molar refractivity (Wildman–Crippen MR) is 405 cm³/mol. The van der Waals surface area contributed by atoms with Gasteiger partial charge in [0.15, 0.2) is 12.2 Å². The fourth-order valence-electron chi connectivity index (χ4n) is 12.5. The van der Waals surface area contributed by atoms with Gasteiger partial charge in [0.2, 0.25) is 0 Å². The molecule has 0 rings (SSSR count). The Kier molecular flexibility index (Phi) is 72.9. The Bertz CT molecular complexity index is 1880. The number of aliphatic hydroxyl groups excluding tert-OH is 1. The van der Waals surface area contributed by atoms with Crippen LogP contribution in [0.15, 0.2) is 0 Å². The van der Waals surface area contributed by atoms with Crippen LogP contribution in [0.4, 0.5) is 0 Å². The first kappa shape index (κ1) is 97.1. The number of hydrogen-bond acceptors (Lipinski definition) is 15. The fourth-order valence-corrected chi connectivity index (χ4v) is 14.0. The van der Waals surface area contributed by atoms with Gasteiger partial charge in [-0.3, -0.25) is 37.3 Å². The maximum Gasteiger partial charge on any atom is 0.472 e. The molecule has 0 heterocycles. The van der Waals surface area contributed by atoms with E-state index < -0.39 is 97.5 Å². The van der Waals surface area contributed by atoms with E-state index in [4.69, 9.17) is 37.0 Å². The molecule has 0 spiro atoms. The third kappa shape index (κ3) is 74.1. The molecule has 0 aliphatic heterocycles. The van der Waals surface area contributed by atoms with Gasteiger partial charge in [-0.05, 0) is 25.7 Å². The molecule has 0 bridgehead atoms. The van der Waals surface area contributed by atoms with Crippen molar-refractivity contribution in [1.29, 1.82) is 0 Å². The van der Waals surface area contributed by atoms with Crippen LogP contribution in [0.3, 0.4) is 0 Å². The number of hydrogen-bond donors (Lipinski definition) is 3. The van der Waals surface area contributed by atoms with Crippen molar-refractivity contribution in [3.63, 3.8) is 0 Å². The highest BCUT2D eigenvalue weighted by Gasteiger charge is 2.30. The first-order valence-electron chi connectivity index (χ1n) is 41.8. The summed E-state index contributed by atoms with van der Waals surface area (Å²) in [6.07, 6.45) is 66.7. The molecule has 19 heteroatoms. The van der Waals surface area contributed by atoms with Crippen LogP contribution in [0.2, 0.25) is 0 Å². The van der Waals surface area contributed by atoms with E-state index in [1.54, 1.807) is 0 Å². The minimum Gasteiger partial charge on any atom is -0.462 e. The van der Waals surface area contributed by atoms with Crippen molar-refractivity contribution in [2.24, 2.45) is 0 Å². The molecule has 2 unspecified atom stereocenters. The maximum absolute atomic E-state index is 13.1. The van der Waals surface area contributed by atoms with E-state index >= 15 is 0 Å². The topological polar surface area (TPSA) is 237 Å². The lowest BCUT2D eigenvalue weighted by molar-refractivity contribution is -0.161. The van der Waals surface area contributed by atoms with E-state index in [0.717, 1.165) is 89.9 Å². The van der Waals surface area contributed by atoms with Gasteiger partial charge in [-0.25, -0.2) is 9.13 Å². The smallest absolute Gasteiger partial charge is 0.462 e. The fraction of sp³-hybridized carbons (Fsp3) is 0.950. The number of rotatable bonds is 81. The lowest BCUT2D eigenvalue weighted by Crippen LogP contribution is -2.30. The Hall–Kier alpha value is -1.94. The van der Waals surface area contributed by atoms with E-state index in [0.29, 0.717) is 25.7 Å². The molecule has 0 saturated heterocycles. The van der Waals surface area contributed by atoms with Crippen LogP contribution in [-0.2, 0) is 65.4 Å². The van der Waals surface area contributed by atoms with Crippen molar-refractivity contribution in [1.82, 2.24) is 0 Å². The minimum atomic E-state index is -4.96. The highest BCUT2D eigenvalue weighted by molar-refractivity contribution is 7.47. The van der Waals surface area contributed by atoms with Gasteiger partial charge in [0.05, 0.1) is 26.4 Å². The summed E-state index contributed by atoms with van der Waals surface area (Å²) in [5.74, 6) is -2.11. The standard InChI is InChI=1S/C80H156O17P2/c1-5-9-13-17-21-25-28-31-33-35-36-37-38-40-42-45-48-51-55-59-63-67-80(85)97-76(71-91-78(83)65-61-57-53-49-46-44-41-39-34-32-29-26-22-18-14-10-6-2)73-95-99(88,89)93-69-74(81)68-92-98(86,87)94-72-75(70-90-77(82)64-60-56-52-24-20-16-12-8-4)96-79(84)66-62-58-54-50-47-43-30-27-23-19-15-11-7-3/h74-76,81H,5-73H2,1-4H3,(H,86,87)(H,88,89)/t74-,75+,76+/m0/s1. The van der Waals surface area contributed by atoms with E-state index in [9.17, 15) is 43.2 Å². The van der Waals surface area contributed by atoms with Crippen molar-refractivity contribution in [2.75, 3.05) is 39.6 Å². The van der Waals surface area contributed by atoms with Crippen molar-refractivity contribution in [2.45, 2.75) is 451 Å². The number of carbonyl (C=O) groups excluding carboxylic acids is 4. The maximum atomic E-state index is 13.1. The highest BCUT2D eigenvalue weighted by atomic mass is 31.2. The van der Waals surface area contributed by atoms with Gasteiger partial charge < -0.3 is 33.8 Å². The second-order valence-electron chi connectivity index (χ2n) is 28.8. The van der Waals surface area contributed by atoms with Gasteiger partial charge in [-0.2, -0.15) is 0 Å². The molecule has 5 atom stereocenters. The molecule has 99 heavy (non-hydrogen) atoms. The molecule has 3 N–H and O–H groups in total. The van der Waals surface area contributed by atoms with E-state index in [2.05, 4.69) is 27.7 Å². The molecule has 0 aromatic heterocycles. The van der Waals surface area contributed by atoms with Crippen LogP contribution in [0.1, 0.15) is 432 Å². The predicted octanol–water partition coefficient (Wildman–Crippen LogP) is 24.2. The summed E-state index contributed by atoms with van der Waals surface area (Å²) < 4.78 is 68.6. The Morgan fingerprint density at radius 2 is 0.404 bits per heavy atom. The average molecular weight is 1450 g/mol. The van der Waals surface area contributed by atoms with Gasteiger partial charge in [0.25, 0.3) is 0 Å². The van der Waals surface area contributed by atoms with Crippen molar-refractivity contribution < 1.29 is 80.2 Å². The summed E-state index contributed by atoms with van der Waals surface area (Å²) in [6, 6.07) is 0. The molecule has 0 aromatic rings. The summed E-state index contributed by atoms with van der Waals surface area (Å²) in [4.78, 5) is 72.9. The molecule has 0 saturated carbocycles. The quantitative estimate of drug-likeness (QED) is 0.0222. The molecular weight excluding hydrogens is 1290 g/mol. The van der Waals surface area contributed by atoms with Crippen LogP contribution in [-0.4, -0.2) is 96.7 Å². The van der Waals surface area contributed by atoms with Crippen LogP contribution < -0.4 is 0 Å². The molecule has 588 valence electrons. The Morgan fingerprint density at radius 1 is 0.242 bits per heavy atom. The van der Waals surface area contributed by atoms with Gasteiger partial charge in [-0.15, -0.1) is 0 Å². The molecule has 0 fully saturated rings. The summed E-state index contributed by atoms with van der Waals surface area (Å²) in [7, 11) is -9.91. The molecule has 0 aromatic carbocycles. The molecule has 0 radical (unpaired) electrons. The first-order chi connectivity index (χ1) is 48.2. The zero-order valence-corrected chi connectivity index (χ0v) is 66.3. The van der Waals surface area contributed by atoms with Crippen LogP contribution >= 0.6 is 15.6 Å². The summed E-state index contributed by atoms with van der Waals surface area (Å²) >= 11 is 0. The third-order valence-electron chi connectivity index (χ3n) is 18.9. The first-order valence-corrected chi connectivity index (χ1v) is 44.8. The van der Waals surface area contributed by atoms with E-state index in [-0.39, 0.29) is 25.7 Å². The zero-order valence-electron chi connectivity index (χ0n) is 64.5. The Labute approximate surface area is 607 Å². The number of carbonyl (C=O) groups is 4. The lowest BCUT2D eigenvalue weighted by Gasteiger charge is -2.21. The van der Waals surface area contributed by atoms with Gasteiger partial charge in [0, 0.05) is 25.7 Å². The van der Waals surface area contributed by atoms with Gasteiger partial charge >= 0.3 is 39.5 Å². The second-order valence-corrected chi connectivity index (χ2v) is 31.7. The molecule has 0 aliphatic rings. The molecule has 17 nitrogen and oxygen atoms in total. The summed E-state index contributed by atoms with van der Waals surface area (Å²) in [5.41, 5.74) is 0. The normalized spacial score (nSPS) is 13.8. The van der Waals surface area contributed by atoms with Gasteiger partial charge in [0.1, 0.15) is 19.3 Å². The Balaban J connectivity index is 5.18. The van der Waals surface area contributed by atoms with Crippen LogP contribution in [0.25, 0.3) is 0 Å². The number of phosphoric acid groups is 2. The van der Waals surface area contributed by atoms with E-state index in [1.807, 2.05) is 0 Å². The number of ether oxygens (including phenoxy) is 4. The van der Waals surface area contributed by atoms with Crippen LogP contribution in [0.5, 0.6) is 0 Å². The second kappa shape index (κ2) is 74.3. The minimum absolute atomic E-state index is 0.108. The van der Waals surface area contributed by atoms with E-state index in [1.165, 1.54) is 263 Å². The van der Waals surface area contributed by atoms with Crippen LogP contribution in [0, 0.1) is 0 Å². The Morgan fingerprint density at radius 3 is 0.596 bits per heavy atom. The summed E-state index contributed by atoms with van der Waals surface area (Å²) in [6.45, 7) is 4.99. The van der Waals surface area contributed by atoms with Crippen molar-refractivity contribution >= 4 is 39.5 Å². The van der Waals surface area contributed by atoms with Gasteiger partial charge in [-0.1, -0.05) is 381 Å². The molecular formula is C80H156O17P2. The molecule has 0 amide bonds. The number of aliphatic hydroxyl groups is 1. The summed E-state index contributed by atoms with van der Waals surface area (Å²) in [5, 5.41) is 10.6. The largest absolute Gasteiger partial charge is 0.472 e. The lowest BCUT2D eigenvalue weighted by atomic mass is 10.0. The molecule has 0 aliphatic carbocycles. The SMILES string of the molecule is CCCCCCCCCCCCCCCCCCCCCCCC(=O)O[C@H](COC(=O)CCCCCCCCCCCCCCCCCCC)COP(=O)(O)OC[C@@H](O)COP(=O)(O)OC[C@@H](COC(=O)CCCCCCCCCC)OC(=O)CCCCCCCCCCCCCCC. The number of unbranched alkanes of at least 4 members (excludes halogenated alkanes) is 55. The number of esters is 4.